The number of hydrogen-bond acceptors (Lipinski definition) is 11. The van der Waals surface area contributed by atoms with Gasteiger partial charge in [-0.1, -0.05) is 12.1 Å². The molecule has 0 saturated heterocycles. The molecule has 0 aromatic heterocycles. The number of ether oxygens (including phenoxy) is 2. The molecular formula is C19H22N4O9. The van der Waals surface area contributed by atoms with Gasteiger partial charge in [-0.3, -0.25) is 10.1 Å². The highest BCUT2D eigenvalue weighted by Gasteiger charge is 2.39. The lowest BCUT2D eigenvalue weighted by atomic mass is 9.81. The van der Waals surface area contributed by atoms with Gasteiger partial charge in [-0.2, -0.15) is 0 Å². The Kier molecular flexibility index (Phi) is 8.10. The van der Waals surface area contributed by atoms with Gasteiger partial charge >= 0.3 is 11.9 Å². The van der Waals surface area contributed by atoms with Crippen LogP contribution < -0.4 is 11.1 Å². The van der Waals surface area contributed by atoms with Crippen LogP contribution in [0.15, 0.2) is 46.9 Å². The molecule has 0 bridgehead atoms. The fourth-order valence-corrected chi connectivity index (χ4v) is 3.15. The molecule has 0 saturated carbocycles. The number of hydrogen-bond donors (Lipinski definition) is 2. The van der Waals surface area contributed by atoms with Crippen molar-refractivity contribution in [3.63, 3.8) is 0 Å². The van der Waals surface area contributed by atoms with E-state index < -0.39 is 27.9 Å². The van der Waals surface area contributed by atoms with Gasteiger partial charge in [0.1, 0.15) is 5.82 Å². The van der Waals surface area contributed by atoms with Gasteiger partial charge in [-0.15, -0.1) is 10.1 Å². The third-order valence-electron chi connectivity index (χ3n) is 4.44. The topological polar surface area (TPSA) is 186 Å². The first-order valence-electron chi connectivity index (χ1n) is 9.50. The van der Waals surface area contributed by atoms with Crippen LogP contribution in [0.2, 0.25) is 0 Å². The Hall–Kier alpha value is -4.16. The maximum absolute atomic E-state index is 12.9. The summed E-state index contributed by atoms with van der Waals surface area (Å²) in [6.45, 7) is 2.70. The molecule has 1 unspecified atom stereocenters. The molecule has 172 valence electrons. The number of nitrogens with one attached hydrogen (secondary N) is 1. The number of dihydropyridines is 1. The van der Waals surface area contributed by atoms with Gasteiger partial charge in [0, 0.05) is 24.3 Å². The van der Waals surface area contributed by atoms with E-state index in [1.165, 1.54) is 31.2 Å². The predicted molar refractivity (Wildman–Crippen MR) is 108 cm³/mol. The number of carbonyl (C=O) groups excluding carboxylic acids is 2. The van der Waals surface area contributed by atoms with Crippen LogP contribution in [0.3, 0.4) is 0 Å². The zero-order valence-corrected chi connectivity index (χ0v) is 17.4. The van der Waals surface area contributed by atoms with E-state index in [9.17, 15) is 29.8 Å². The summed E-state index contributed by atoms with van der Waals surface area (Å²) >= 11 is 0. The zero-order valence-electron chi connectivity index (χ0n) is 17.4. The first-order chi connectivity index (χ1) is 15.2. The minimum Gasteiger partial charge on any atom is -0.463 e. The Balaban J connectivity index is 2.43. The summed E-state index contributed by atoms with van der Waals surface area (Å²) in [5.41, 5.74) is 6.22. The molecule has 0 spiro atoms. The summed E-state index contributed by atoms with van der Waals surface area (Å²) < 4.78 is 10.3. The Morgan fingerprint density at radius 1 is 1.12 bits per heavy atom. The largest absolute Gasteiger partial charge is 0.463 e. The zero-order chi connectivity index (χ0) is 23.8. The van der Waals surface area contributed by atoms with Gasteiger partial charge in [0.25, 0.3) is 10.8 Å². The minimum atomic E-state index is -1.10. The minimum absolute atomic E-state index is 0.00190. The number of allylic oxidation sites excluding steroid dienone is 1. The molecule has 1 atom stereocenters. The standard InChI is InChI=1S/C19H22N4O9/c1-3-30-19(25)16-15(12-6-4-7-13(10-12)22(26)27)14(11(2)21-17(16)20)18(24)31-8-5-9-32-23(28)29/h4,6-7,10,15,21H,3,5,8-9,20H2,1-2H3. The first-order valence-corrected chi connectivity index (χ1v) is 9.50. The van der Waals surface area contributed by atoms with Gasteiger partial charge < -0.3 is 25.4 Å². The molecule has 13 heteroatoms. The van der Waals surface area contributed by atoms with E-state index in [0.717, 1.165) is 0 Å². The number of non-ortho nitro benzene ring substituents is 1. The van der Waals surface area contributed by atoms with Gasteiger partial charge in [0.15, 0.2) is 0 Å². The van der Waals surface area contributed by atoms with E-state index in [2.05, 4.69) is 10.2 Å². The molecule has 1 aromatic carbocycles. The number of rotatable bonds is 10. The van der Waals surface area contributed by atoms with Crippen molar-refractivity contribution in [3.8, 4) is 0 Å². The summed E-state index contributed by atoms with van der Waals surface area (Å²) in [4.78, 5) is 50.6. The van der Waals surface area contributed by atoms with Crippen LogP contribution >= 0.6 is 0 Å². The molecule has 0 aliphatic carbocycles. The van der Waals surface area contributed by atoms with E-state index in [-0.39, 0.29) is 60.2 Å². The highest BCUT2D eigenvalue weighted by molar-refractivity contribution is 5.99. The summed E-state index contributed by atoms with van der Waals surface area (Å²) in [7, 11) is 0. The molecule has 0 amide bonds. The average Bonchev–Trinajstić information content (AvgIpc) is 2.72. The van der Waals surface area contributed by atoms with Crippen molar-refractivity contribution in [2.24, 2.45) is 5.73 Å². The SMILES string of the molecule is CCOC(=O)C1=C(N)NC(C)=C(C(=O)OCCCO[N+](=O)[O-])C1c1cccc([N+](=O)[O-])c1. The summed E-state index contributed by atoms with van der Waals surface area (Å²) in [5.74, 6) is -2.79. The third-order valence-corrected chi connectivity index (χ3v) is 4.44. The molecule has 3 N–H and O–H groups in total. The highest BCUT2D eigenvalue weighted by atomic mass is 16.9. The van der Waals surface area contributed by atoms with E-state index in [4.69, 9.17) is 15.2 Å². The molecular weight excluding hydrogens is 428 g/mol. The van der Waals surface area contributed by atoms with E-state index in [1.807, 2.05) is 0 Å². The van der Waals surface area contributed by atoms with Crippen molar-refractivity contribution in [1.29, 1.82) is 0 Å². The van der Waals surface area contributed by atoms with Crippen LogP contribution in [0.4, 0.5) is 5.69 Å². The fraction of sp³-hybridized carbons (Fsp3) is 0.368. The van der Waals surface area contributed by atoms with Crippen molar-refractivity contribution in [1.82, 2.24) is 5.32 Å². The Labute approximate surface area is 182 Å². The van der Waals surface area contributed by atoms with Crippen LogP contribution in [-0.2, 0) is 23.9 Å². The second-order valence-electron chi connectivity index (χ2n) is 6.54. The van der Waals surface area contributed by atoms with Crippen LogP contribution in [0.25, 0.3) is 0 Å². The molecule has 1 aromatic rings. The number of nitro groups is 1. The summed E-state index contributed by atoms with van der Waals surface area (Å²) in [6, 6.07) is 5.43. The number of nitrogens with two attached hydrogens (primary N) is 1. The molecule has 1 heterocycles. The number of esters is 2. The predicted octanol–water partition coefficient (Wildman–Crippen LogP) is 1.43. The van der Waals surface area contributed by atoms with Gasteiger partial charge in [0.05, 0.1) is 41.8 Å². The van der Waals surface area contributed by atoms with Crippen LogP contribution in [0.5, 0.6) is 0 Å². The van der Waals surface area contributed by atoms with Crippen LogP contribution in [0.1, 0.15) is 31.7 Å². The lowest BCUT2D eigenvalue weighted by Crippen LogP contribution is -2.36. The Bertz CT molecular complexity index is 987. The van der Waals surface area contributed by atoms with Crippen LogP contribution in [0, 0.1) is 20.2 Å². The average molecular weight is 450 g/mol. The van der Waals surface area contributed by atoms with Crippen molar-refractivity contribution in [3.05, 3.63) is 72.7 Å². The van der Waals surface area contributed by atoms with Crippen molar-refractivity contribution in [2.45, 2.75) is 26.2 Å². The molecule has 0 radical (unpaired) electrons. The summed E-state index contributed by atoms with van der Waals surface area (Å²) in [5, 5.41) is 23.2. The van der Waals surface area contributed by atoms with Crippen molar-refractivity contribution in [2.75, 3.05) is 19.8 Å². The molecule has 1 aliphatic rings. The number of benzene rings is 1. The molecule has 1 aliphatic heterocycles. The van der Waals surface area contributed by atoms with Crippen molar-refractivity contribution < 1.29 is 33.9 Å². The summed E-state index contributed by atoms with van der Waals surface area (Å²) in [6.07, 6.45) is 0.0522. The maximum Gasteiger partial charge on any atom is 0.338 e. The monoisotopic (exact) mass is 450 g/mol. The number of nitrogens with zero attached hydrogens (tertiary/aromatic N) is 2. The van der Waals surface area contributed by atoms with E-state index >= 15 is 0 Å². The normalized spacial score (nSPS) is 15.6. The Morgan fingerprint density at radius 2 is 1.81 bits per heavy atom. The smallest absolute Gasteiger partial charge is 0.338 e. The second-order valence-corrected chi connectivity index (χ2v) is 6.54. The van der Waals surface area contributed by atoms with Crippen molar-refractivity contribution >= 4 is 17.6 Å². The van der Waals surface area contributed by atoms with Gasteiger partial charge in [-0.25, -0.2) is 9.59 Å². The molecule has 13 nitrogen and oxygen atoms in total. The number of nitro benzene ring substituents is 1. The van der Waals surface area contributed by atoms with Crippen LogP contribution in [-0.4, -0.2) is 41.8 Å². The third kappa shape index (κ3) is 5.71. The van der Waals surface area contributed by atoms with E-state index in [1.54, 1.807) is 6.92 Å². The first kappa shape index (κ1) is 24.1. The molecule has 32 heavy (non-hydrogen) atoms. The van der Waals surface area contributed by atoms with Gasteiger partial charge in [-0.05, 0) is 19.4 Å². The Morgan fingerprint density at radius 3 is 2.44 bits per heavy atom. The fourth-order valence-electron chi connectivity index (χ4n) is 3.15. The van der Waals surface area contributed by atoms with E-state index in [0.29, 0.717) is 0 Å². The second kappa shape index (κ2) is 10.7. The maximum atomic E-state index is 12.9. The number of carbonyl (C=O) groups is 2. The molecule has 2 rings (SSSR count). The lowest BCUT2D eigenvalue weighted by Gasteiger charge is -2.29. The highest BCUT2D eigenvalue weighted by Crippen LogP contribution is 2.39. The molecule has 0 fully saturated rings. The van der Waals surface area contributed by atoms with Gasteiger partial charge in [0.2, 0.25) is 0 Å². The quantitative estimate of drug-likeness (QED) is 0.227. The lowest BCUT2D eigenvalue weighted by molar-refractivity contribution is -0.757.